The zero-order valence-corrected chi connectivity index (χ0v) is 15.0. The van der Waals surface area contributed by atoms with Crippen LogP contribution in [0.1, 0.15) is 5.69 Å². The SMILES string of the molecule is Cc1nn2c(nnc3c(=O)n(CCS)ccc32)c1-c1ccc(Cl)cc1. The number of rotatable bonds is 3. The summed E-state index contributed by atoms with van der Waals surface area (Å²) in [5.74, 6) is 0.572. The molecule has 0 spiro atoms. The molecule has 4 aromatic rings. The maximum Gasteiger partial charge on any atom is 0.280 e. The number of thiol groups is 1. The van der Waals surface area contributed by atoms with Gasteiger partial charge in [0, 0.05) is 23.5 Å². The van der Waals surface area contributed by atoms with Crippen LogP contribution >= 0.6 is 24.2 Å². The summed E-state index contributed by atoms with van der Waals surface area (Å²) in [5, 5.41) is 13.7. The number of pyridine rings is 1. The molecule has 6 nitrogen and oxygen atoms in total. The summed E-state index contributed by atoms with van der Waals surface area (Å²) in [6, 6.07) is 9.32. The van der Waals surface area contributed by atoms with Crippen molar-refractivity contribution in [2.45, 2.75) is 13.5 Å². The number of hydrogen-bond donors (Lipinski definition) is 1. The molecule has 0 aliphatic heterocycles. The molecule has 4 rings (SSSR count). The van der Waals surface area contributed by atoms with E-state index in [4.69, 9.17) is 11.6 Å². The van der Waals surface area contributed by atoms with Gasteiger partial charge in [-0.15, -0.1) is 10.2 Å². The Morgan fingerprint density at radius 1 is 1.16 bits per heavy atom. The summed E-state index contributed by atoms with van der Waals surface area (Å²) in [4.78, 5) is 12.5. The number of fused-ring (bicyclic) bond motifs is 3. The minimum atomic E-state index is -0.192. The van der Waals surface area contributed by atoms with Crippen LogP contribution in [-0.2, 0) is 6.54 Å². The Labute approximate surface area is 153 Å². The van der Waals surface area contributed by atoms with Gasteiger partial charge in [0.05, 0.1) is 11.3 Å². The average Bonchev–Trinajstić information content (AvgIpc) is 2.94. The van der Waals surface area contributed by atoms with Crippen molar-refractivity contribution >= 4 is 40.9 Å². The van der Waals surface area contributed by atoms with Crippen molar-refractivity contribution in [1.29, 1.82) is 0 Å². The Kier molecular flexibility index (Phi) is 3.97. The van der Waals surface area contributed by atoms with Crippen LogP contribution in [0, 0.1) is 6.92 Å². The summed E-state index contributed by atoms with van der Waals surface area (Å²) >= 11 is 10.1. The van der Waals surface area contributed by atoms with E-state index >= 15 is 0 Å². The van der Waals surface area contributed by atoms with E-state index in [2.05, 4.69) is 27.9 Å². The Bertz CT molecular complexity index is 1150. The molecule has 0 unspecified atom stereocenters. The Balaban J connectivity index is 2.01. The maximum absolute atomic E-state index is 12.5. The van der Waals surface area contributed by atoms with Crippen molar-refractivity contribution < 1.29 is 0 Å². The number of hydrogen-bond acceptors (Lipinski definition) is 5. The molecule has 0 aliphatic rings. The van der Waals surface area contributed by atoms with Crippen molar-refractivity contribution in [1.82, 2.24) is 24.4 Å². The molecule has 3 heterocycles. The van der Waals surface area contributed by atoms with Crippen molar-refractivity contribution in [2.75, 3.05) is 5.75 Å². The summed E-state index contributed by atoms with van der Waals surface area (Å²) in [5.41, 5.74) is 3.99. The predicted octanol–water partition coefficient (Wildman–Crippen LogP) is 3.00. The van der Waals surface area contributed by atoms with E-state index in [1.54, 1.807) is 15.3 Å². The highest BCUT2D eigenvalue weighted by atomic mass is 35.5. The summed E-state index contributed by atoms with van der Waals surface area (Å²) < 4.78 is 3.25. The summed E-state index contributed by atoms with van der Waals surface area (Å²) in [7, 11) is 0. The lowest BCUT2D eigenvalue weighted by Gasteiger charge is -2.05. The van der Waals surface area contributed by atoms with Gasteiger partial charge >= 0.3 is 0 Å². The highest BCUT2D eigenvalue weighted by Crippen LogP contribution is 2.28. The van der Waals surface area contributed by atoms with E-state index in [9.17, 15) is 4.79 Å². The fourth-order valence-corrected chi connectivity index (χ4v) is 3.27. The van der Waals surface area contributed by atoms with E-state index in [-0.39, 0.29) is 5.56 Å². The Morgan fingerprint density at radius 3 is 2.64 bits per heavy atom. The number of aromatic nitrogens is 5. The fraction of sp³-hybridized carbons (Fsp3) is 0.176. The topological polar surface area (TPSA) is 65.1 Å². The minimum Gasteiger partial charge on any atom is -0.313 e. The smallest absolute Gasteiger partial charge is 0.280 e. The molecule has 0 fully saturated rings. The lowest BCUT2D eigenvalue weighted by atomic mass is 10.1. The highest BCUT2D eigenvalue weighted by molar-refractivity contribution is 7.80. The van der Waals surface area contributed by atoms with Crippen LogP contribution in [0.3, 0.4) is 0 Å². The molecule has 0 amide bonds. The molecule has 0 saturated heterocycles. The number of halogens is 1. The average molecular weight is 372 g/mol. The molecule has 8 heteroatoms. The monoisotopic (exact) mass is 371 g/mol. The van der Waals surface area contributed by atoms with E-state index in [1.807, 2.05) is 37.3 Å². The van der Waals surface area contributed by atoms with Crippen molar-refractivity contribution in [3.05, 3.63) is 57.6 Å². The number of benzene rings is 1. The molecule has 0 aliphatic carbocycles. The third-order valence-electron chi connectivity index (χ3n) is 4.10. The standard InChI is InChI=1S/C17H14ClN5OS/c1-10-14(11-2-4-12(18)5-3-11)16-20-19-15-13(23(16)21-10)6-7-22(8-9-25)17(15)24/h2-7,25H,8-9H2,1H3. The van der Waals surface area contributed by atoms with E-state index in [0.29, 0.717) is 34.0 Å². The summed E-state index contributed by atoms with van der Waals surface area (Å²) in [6.07, 6.45) is 1.74. The molecule has 0 N–H and O–H groups in total. The molecule has 0 atom stereocenters. The second kappa shape index (κ2) is 6.16. The third-order valence-corrected chi connectivity index (χ3v) is 4.55. The van der Waals surface area contributed by atoms with Gasteiger partial charge in [0.2, 0.25) is 0 Å². The predicted molar refractivity (Wildman–Crippen MR) is 102 cm³/mol. The van der Waals surface area contributed by atoms with E-state index in [1.165, 1.54) is 0 Å². The highest BCUT2D eigenvalue weighted by Gasteiger charge is 2.17. The summed E-state index contributed by atoms with van der Waals surface area (Å²) in [6.45, 7) is 2.43. The minimum absolute atomic E-state index is 0.192. The van der Waals surface area contributed by atoms with Gasteiger partial charge in [0.15, 0.2) is 11.2 Å². The van der Waals surface area contributed by atoms with Gasteiger partial charge in [-0.05, 0) is 30.7 Å². The third kappa shape index (κ3) is 2.60. The van der Waals surface area contributed by atoms with Crippen molar-refractivity contribution in [2.24, 2.45) is 0 Å². The van der Waals surface area contributed by atoms with Gasteiger partial charge in [-0.3, -0.25) is 4.79 Å². The molecular formula is C17H14ClN5OS. The van der Waals surface area contributed by atoms with E-state index in [0.717, 1.165) is 16.8 Å². The van der Waals surface area contributed by atoms with Gasteiger partial charge < -0.3 is 4.57 Å². The lowest BCUT2D eigenvalue weighted by molar-refractivity contribution is 0.738. The first-order chi connectivity index (χ1) is 12.1. The van der Waals surface area contributed by atoms with Crippen molar-refractivity contribution in [3.63, 3.8) is 0 Å². The van der Waals surface area contributed by atoms with Gasteiger partial charge in [0.1, 0.15) is 5.52 Å². The van der Waals surface area contributed by atoms with Crippen LogP contribution in [0.25, 0.3) is 27.8 Å². The molecule has 3 aromatic heterocycles. The van der Waals surface area contributed by atoms with Crippen LogP contribution in [0.15, 0.2) is 41.3 Å². The number of nitrogens with zero attached hydrogens (tertiary/aromatic N) is 5. The lowest BCUT2D eigenvalue weighted by Crippen LogP contribution is -2.22. The van der Waals surface area contributed by atoms with Gasteiger partial charge in [-0.2, -0.15) is 17.7 Å². The molecule has 1 aromatic carbocycles. The first kappa shape index (κ1) is 16.1. The second-order valence-electron chi connectivity index (χ2n) is 5.67. The normalized spacial score (nSPS) is 11.5. The van der Waals surface area contributed by atoms with Gasteiger partial charge in [-0.25, -0.2) is 4.52 Å². The zero-order chi connectivity index (χ0) is 17.6. The zero-order valence-electron chi connectivity index (χ0n) is 13.3. The van der Waals surface area contributed by atoms with Crippen LogP contribution in [0.5, 0.6) is 0 Å². The second-order valence-corrected chi connectivity index (χ2v) is 6.56. The molecule has 25 heavy (non-hydrogen) atoms. The van der Waals surface area contributed by atoms with E-state index < -0.39 is 0 Å². The molecular weight excluding hydrogens is 358 g/mol. The first-order valence-electron chi connectivity index (χ1n) is 7.72. The Morgan fingerprint density at radius 2 is 1.92 bits per heavy atom. The first-order valence-corrected chi connectivity index (χ1v) is 8.73. The van der Waals surface area contributed by atoms with Crippen molar-refractivity contribution in [3.8, 4) is 11.1 Å². The largest absolute Gasteiger partial charge is 0.313 e. The fourth-order valence-electron chi connectivity index (χ4n) is 2.93. The van der Waals surface area contributed by atoms with Crippen LogP contribution in [-0.4, -0.2) is 30.1 Å². The maximum atomic E-state index is 12.5. The van der Waals surface area contributed by atoms with Crippen LogP contribution in [0.2, 0.25) is 5.02 Å². The number of aryl methyl sites for hydroxylation is 2. The molecule has 0 saturated carbocycles. The Hall–Kier alpha value is -2.38. The molecule has 0 radical (unpaired) electrons. The molecule has 0 bridgehead atoms. The van der Waals surface area contributed by atoms with Gasteiger partial charge in [-0.1, -0.05) is 23.7 Å². The molecule has 126 valence electrons. The quantitative estimate of drug-likeness (QED) is 0.562. The van der Waals surface area contributed by atoms with Gasteiger partial charge in [0.25, 0.3) is 5.56 Å². The van der Waals surface area contributed by atoms with Crippen LogP contribution in [0.4, 0.5) is 0 Å². The van der Waals surface area contributed by atoms with Crippen LogP contribution < -0.4 is 5.56 Å².